The van der Waals surface area contributed by atoms with Crippen molar-refractivity contribution in [1.29, 1.82) is 0 Å². The number of hydrogen-bond acceptors (Lipinski definition) is 3. The molecular formula is C8H13NO2. The number of aliphatic hydroxyl groups excluding tert-OH is 1. The molecule has 0 fully saturated rings. The van der Waals surface area contributed by atoms with Gasteiger partial charge in [-0.1, -0.05) is 25.9 Å². The minimum Gasteiger partial charge on any atom is -0.480 e. The first-order chi connectivity index (χ1) is 5.04. The highest BCUT2D eigenvalue weighted by atomic mass is 16.7. The van der Waals surface area contributed by atoms with E-state index >= 15 is 0 Å². The van der Waals surface area contributed by atoms with Crippen LogP contribution in [0.15, 0.2) is 17.2 Å². The van der Waals surface area contributed by atoms with E-state index in [0.29, 0.717) is 5.92 Å². The largest absolute Gasteiger partial charge is 0.480 e. The molecule has 1 aliphatic rings. The minimum atomic E-state index is -0.178. The molecule has 3 heteroatoms. The van der Waals surface area contributed by atoms with Crippen LogP contribution in [0.2, 0.25) is 0 Å². The van der Waals surface area contributed by atoms with Gasteiger partial charge in [-0.2, -0.15) is 0 Å². The molecule has 3 nitrogen and oxygen atoms in total. The Labute approximate surface area is 66.4 Å². The molecule has 62 valence electrons. The van der Waals surface area contributed by atoms with Crippen LogP contribution in [0, 0.1) is 11.3 Å². The average molecular weight is 155 g/mol. The van der Waals surface area contributed by atoms with Gasteiger partial charge in [-0.25, -0.2) is 0 Å². The molecule has 0 saturated carbocycles. The normalized spacial score (nSPS) is 30.0. The second-order valence-corrected chi connectivity index (χ2v) is 3.33. The quantitative estimate of drug-likeness (QED) is 0.629. The molecule has 0 amide bonds. The molecule has 0 aromatic rings. The molecule has 1 rings (SSSR count). The Kier molecular flexibility index (Phi) is 1.89. The summed E-state index contributed by atoms with van der Waals surface area (Å²) in [5.74, 6) is 0.293. The summed E-state index contributed by atoms with van der Waals surface area (Å²) in [6.07, 6.45) is 3.38. The van der Waals surface area contributed by atoms with Gasteiger partial charge in [0.05, 0.1) is 6.21 Å². The van der Waals surface area contributed by atoms with Crippen molar-refractivity contribution in [2.24, 2.45) is 16.5 Å². The summed E-state index contributed by atoms with van der Waals surface area (Å²) in [4.78, 5) is 4.51. The summed E-state index contributed by atoms with van der Waals surface area (Å²) >= 11 is 0. The van der Waals surface area contributed by atoms with Crippen molar-refractivity contribution in [3.8, 4) is 0 Å². The van der Waals surface area contributed by atoms with E-state index in [1.165, 1.54) is 0 Å². The lowest BCUT2D eigenvalue weighted by molar-refractivity contribution is 0.0843. The van der Waals surface area contributed by atoms with E-state index < -0.39 is 0 Å². The van der Waals surface area contributed by atoms with Crippen LogP contribution in [0.1, 0.15) is 20.8 Å². The zero-order chi connectivity index (χ0) is 8.48. The van der Waals surface area contributed by atoms with Crippen molar-refractivity contribution >= 4 is 6.21 Å². The fourth-order valence-corrected chi connectivity index (χ4v) is 0.839. The predicted molar refractivity (Wildman–Crippen MR) is 43.2 cm³/mol. The highest BCUT2D eigenvalue weighted by Crippen LogP contribution is 2.29. The third-order valence-corrected chi connectivity index (χ3v) is 2.16. The molecule has 0 saturated heterocycles. The van der Waals surface area contributed by atoms with Gasteiger partial charge in [0.15, 0.2) is 0 Å². The topological polar surface area (TPSA) is 41.8 Å². The van der Waals surface area contributed by atoms with Crippen LogP contribution in [0.3, 0.4) is 0 Å². The van der Waals surface area contributed by atoms with Gasteiger partial charge in [0.1, 0.15) is 0 Å². The van der Waals surface area contributed by atoms with E-state index in [1.807, 2.05) is 6.92 Å². The van der Waals surface area contributed by atoms with Gasteiger partial charge < -0.3 is 9.94 Å². The molecule has 1 unspecified atom stereocenters. The number of hydrogen-bond donors (Lipinski definition) is 1. The van der Waals surface area contributed by atoms with E-state index in [1.54, 1.807) is 12.3 Å². The summed E-state index contributed by atoms with van der Waals surface area (Å²) in [5.41, 5.74) is -0.178. The van der Waals surface area contributed by atoms with Crippen LogP contribution in [0.4, 0.5) is 0 Å². The first-order valence-corrected chi connectivity index (χ1v) is 3.68. The van der Waals surface area contributed by atoms with Crippen LogP contribution >= 0.6 is 0 Å². The molecule has 1 N–H and O–H groups in total. The lowest BCUT2D eigenvalue weighted by atomic mass is 9.80. The maximum Gasteiger partial charge on any atom is 0.303 e. The predicted octanol–water partition coefficient (Wildman–Crippen LogP) is 2.06. The molecular weight excluding hydrogens is 142 g/mol. The number of allylic oxidation sites excluding steroid dienone is 1. The van der Waals surface area contributed by atoms with Crippen LogP contribution in [-0.2, 0) is 4.84 Å². The van der Waals surface area contributed by atoms with Crippen molar-refractivity contribution in [3.63, 3.8) is 0 Å². The summed E-state index contributed by atoms with van der Waals surface area (Å²) in [6.45, 7) is 6.14. The van der Waals surface area contributed by atoms with Crippen molar-refractivity contribution in [1.82, 2.24) is 0 Å². The Morgan fingerprint density at radius 1 is 1.64 bits per heavy atom. The van der Waals surface area contributed by atoms with E-state index in [9.17, 15) is 0 Å². The lowest BCUT2D eigenvalue weighted by Crippen LogP contribution is -2.25. The zero-order valence-electron chi connectivity index (χ0n) is 7.03. The molecule has 1 atom stereocenters. The van der Waals surface area contributed by atoms with E-state index in [2.05, 4.69) is 23.8 Å². The van der Waals surface area contributed by atoms with Gasteiger partial charge in [0, 0.05) is 11.5 Å². The third-order valence-electron chi connectivity index (χ3n) is 2.16. The smallest absolute Gasteiger partial charge is 0.303 e. The molecule has 0 aliphatic carbocycles. The molecule has 11 heavy (non-hydrogen) atoms. The van der Waals surface area contributed by atoms with E-state index in [-0.39, 0.29) is 11.4 Å². The fraction of sp³-hybridized carbons (Fsp3) is 0.625. The molecule has 0 aromatic carbocycles. The molecule has 0 bridgehead atoms. The summed E-state index contributed by atoms with van der Waals surface area (Å²) in [6, 6.07) is 0. The number of nitrogens with zero attached hydrogens (tertiary/aromatic N) is 1. The van der Waals surface area contributed by atoms with E-state index in [4.69, 9.17) is 5.11 Å². The number of aliphatic hydroxyl groups is 1. The summed E-state index contributed by atoms with van der Waals surface area (Å²) < 4.78 is 0. The van der Waals surface area contributed by atoms with Crippen LogP contribution in [0.25, 0.3) is 0 Å². The van der Waals surface area contributed by atoms with Crippen LogP contribution < -0.4 is 0 Å². The summed E-state index contributed by atoms with van der Waals surface area (Å²) in [7, 11) is 0. The first-order valence-electron chi connectivity index (χ1n) is 3.68. The Bertz CT molecular complexity index is 208. The molecule has 1 aliphatic heterocycles. The highest BCUT2D eigenvalue weighted by Gasteiger charge is 2.28. The zero-order valence-corrected chi connectivity index (χ0v) is 7.03. The minimum absolute atomic E-state index is 0.108. The first kappa shape index (κ1) is 8.11. The van der Waals surface area contributed by atoms with Crippen molar-refractivity contribution in [3.05, 3.63) is 12.0 Å². The van der Waals surface area contributed by atoms with Crippen molar-refractivity contribution < 1.29 is 9.94 Å². The standard InChI is InChI=1S/C8H13NO2/c1-6(2)8(3)4-7(10)11-9-5-8/h4-6,10H,1-3H3. The van der Waals surface area contributed by atoms with Gasteiger partial charge in [-0.15, -0.1) is 0 Å². The maximum absolute atomic E-state index is 9.02. The summed E-state index contributed by atoms with van der Waals surface area (Å²) in [5, 5.41) is 12.6. The highest BCUT2D eigenvalue weighted by molar-refractivity contribution is 5.68. The van der Waals surface area contributed by atoms with Crippen LogP contribution in [0.5, 0.6) is 0 Å². The average Bonchev–Trinajstić information content (AvgIpc) is 1.86. The monoisotopic (exact) mass is 155 g/mol. The van der Waals surface area contributed by atoms with Gasteiger partial charge in [0.2, 0.25) is 0 Å². The van der Waals surface area contributed by atoms with Crippen molar-refractivity contribution in [2.45, 2.75) is 20.8 Å². The molecule has 1 heterocycles. The van der Waals surface area contributed by atoms with Gasteiger partial charge in [0.25, 0.3) is 0 Å². The van der Waals surface area contributed by atoms with Gasteiger partial charge >= 0.3 is 5.95 Å². The Balaban J connectivity index is 2.85. The molecule has 0 aromatic heterocycles. The van der Waals surface area contributed by atoms with Crippen LogP contribution in [-0.4, -0.2) is 11.3 Å². The SMILES string of the molecule is CC(C)C1(C)C=NOC(O)=C1. The van der Waals surface area contributed by atoms with Crippen molar-refractivity contribution in [2.75, 3.05) is 0 Å². The molecule has 0 radical (unpaired) electrons. The Morgan fingerprint density at radius 3 is 2.64 bits per heavy atom. The number of oxime groups is 1. The fourth-order valence-electron chi connectivity index (χ4n) is 0.839. The second-order valence-electron chi connectivity index (χ2n) is 3.33. The van der Waals surface area contributed by atoms with E-state index in [0.717, 1.165) is 0 Å². The Hall–Kier alpha value is -0.990. The maximum atomic E-state index is 9.02. The Morgan fingerprint density at radius 2 is 2.27 bits per heavy atom. The third kappa shape index (κ3) is 1.53. The van der Waals surface area contributed by atoms with Gasteiger partial charge in [-0.3, -0.25) is 0 Å². The lowest BCUT2D eigenvalue weighted by Gasteiger charge is -2.26. The second kappa shape index (κ2) is 2.57. The molecule has 0 spiro atoms. The number of rotatable bonds is 1. The van der Waals surface area contributed by atoms with Gasteiger partial charge in [-0.05, 0) is 5.92 Å².